The lowest BCUT2D eigenvalue weighted by atomic mass is 10.1. The van der Waals surface area contributed by atoms with Crippen LogP contribution in [0.25, 0.3) is 0 Å². The molecule has 2 rings (SSSR count). The summed E-state index contributed by atoms with van der Waals surface area (Å²) in [5, 5.41) is 0. The lowest BCUT2D eigenvalue weighted by Crippen LogP contribution is -2.28. The molecule has 0 saturated heterocycles. The zero-order valence-electron chi connectivity index (χ0n) is 14.1. The van der Waals surface area contributed by atoms with Gasteiger partial charge in [-0.15, -0.1) is 0 Å². The molecule has 0 saturated carbocycles. The summed E-state index contributed by atoms with van der Waals surface area (Å²) >= 11 is 0. The fourth-order valence-electron chi connectivity index (χ4n) is 2.39. The zero-order valence-corrected chi connectivity index (χ0v) is 14.1. The third-order valence-electron chi connectivity index (χ3n) is 3.41. The van der Waals surface area contributed by atoms with Crippen LogP contribution in [0.15, 0.2) is 42.0 Å². The molecule has 0 aliphatic heterocycles. The van der Waals surface area contributed by atoms with E-state index in [-0.39, 0.29) is 6.10 Å². The van der Waals surface area contributed by atoms with Crippen molar-refractivity contribution in [3.63, 3.8) is 0 Å². The van der Waals surface area contributed by atoms with Crippen LogP contribution >= 0.6 is 0 Å². The Bertz CT molecular complexity index is 612. The van der Waals surface area contributed by atoms with E-state index in [1.165, 1.54) is 0 Å². The van der Waals surface area contributed by atoms with Gasteiger partial charge in [0, 0.05) is 5.56 Å². The summed E-state index contributed by atoms with van der Waals surface area (Å²) in [6.07, 6.45) is 4.80. The normalized spacial score (nSPS) is 15.2. The maximum absolute atomic E-state index is 11.9. The number of ether oxygens (including phenoxy) is 2. The van der Waals surface area contributed by atoms with Gasteiger partial charge in [0.25, 0.3) is 0 Å². The number of allylic oxidation sites excluding steroid dienone is 1. The SMILES string of the molecule is CC(C)(C)OC(=O)O[C@H](CC#Cc1ccccc1)C1=CCCC1. The Morgan fingerprint density at radius 3 is 2.61 bits per heavy atom. The molecule has 1 aromatic rings. The van der Waals surface area contributed by atoms with Crippen molar-refractivity contribution in [1.82, 2.24) is 0 Å². The number of hydrogen-bond donors (Lipinski definition) is 0. The molecule has 3 heteroatoms. The highest BCUT2D eigenvalue weighted by molar-refractivity contribution is 5.61. The molecule has 0 aromatic heterocycles. The van der Waals surface area contributed by atoms with Crippen molar-refractivity contribution in [2.45, 2.75) is 58.2 Å². The molecule has 0 unspecified atom stereocenters. The van der Waals surface area contributed by atoms with Crippen LogP contribution in [-0.4, -0.2) is 17.9 Å². The smallest absolute Gasteiger partial charge is 0.429 e. The fraction of sp³-hybridized carbons (Fsp3) is 0.450. The second-order valence-corrected chi connectivity index (χ2v) is 6.61. The quantitative estimate of drug-likeness (QED) is 0.454. The van der Waals surface area contributed by atoms with Crippen LogP contribution in [0.4, 0.5) is 4.79 Å². The molecule has 1 aliphatic carbocycles. The molecule has 0 fully saturated rings. The number of rotatable bonds is 3. The van der Waals surface area contributed by atoms with Gasteiger partial charge in [0.15, 0.2) is 0 Å². The van der Waals surface area contributed by atoms with Gasteiger partial charge in [-0.1, -0.05) is 36.1 Å². The minimum absolute atomic E-state index is 0.316. The van der Waals surface area contributed by atoms with Crippen LogP contribution < -0.4 is 0 Å². The second-order valence-electron chi connectivity index (χ2n) is 6.61. The first-order valence-corrected chi connectivity index (χ1v) is 8.06. The maximum atomic E-state index is 11.9. The Hall–Kier alpha value is -2.21. The van der Waals surface area contributed by atoms with E-state index in [9.17, 15) is 4.79 Å². The van der Waals surface area contributed by atoms with Gasteiger partial charge >= 0.3 is 6.16 Å². The van der Waals surface area contributed by atoms with Crippen molar-refractivity contribution in [1.29, 1.82) is 0 Å². The number of benzene rings is 1. The highest BCUT2D eigenvalue weighted by Crippen LogP contribution is 2.25. The van der Waals surface area contributed by atoms with E-state index in [0.717, 1.165) is 30.4 Å². The summed E-state index contributed by atoms with van der Waals surface area (Å²) in [6.45, 7) is 5.48. The first kappa shape index (κ1) is 17.1. The van der Waals surface area contributed by atoms with Gasteiger partial charge in [-0.2, -0.15) is 0 Å². The van der Waals surface area contributed by atoms with Crippen LogP contribution in [0.3, 0.4) is 0 Å². The molecular weight excluding hydrogens is 288 g/mol. The van der Waals surface area contributed by atoms with Crippen molar-refractivity contribution in [3.05, 3.63) is 47.5 Å². The van der Waals surface area contributed by atoms with Gasteiger partial charge in [0.05, 0.1) is 6.42 Å². The van der Waals surface area contributed by atoms with Crippen molar-refractivity contribution in [2.24, 2.45) is 0 Å². The van der Waals surface area contributed by atoms with Crippen LogP contribution in [-0.2, 0) is 9.47 Å². The van der Waals surface area contributed by atoms with E-state index in [0.29, 0.717) is 6.42 Å². The fourth-order valence-corrected chi connectivity index (χ4v) is 2.39. The molecular formula is C20H24O3. The van der Waals surface area contributed by atoms with E-state index in [1.54, 1.807) is 0 Å². The minimum atomic E-state index is -0.628. The predicted octanol–water partition coefficient (Wildman–Crippen LogP) is 4.86. The monoisotopic (exact) mass is 312 g/mol. The van der Waals surface area contributed by atoms with Gasteiger partial charge in [0.2, 0.25) is 0 Å². The molecule has 0 bridgehead atoms. The summed E-state index contributed by atoms with van der Waals surface area (Å²) in [4.78, 5) is 11.9. The molecule has 0 amide bonds. The third kappa shape index (κ3) is 6.20. The van der Waals surface area contributed by atoms with Crippen LogP contribution in [0.5, 0.6) is 0 Å². The molecule has 1 aromatic carbocycles. The molecule has 0 spiro atoms. The van der Waals surface area contributed by atoms with E-state index < -0.39 is 11.8 Å². The van der Waals surface area contributed by atoms with Gasteiger partial charge in [-0.05, 0) is 57.7 Å². The maximum Gasteiger partial charge on any atom is 0.509 e. The van der Waals surface area contributed by atoms with Crippen LogP contribution in [0.1, 0.15) is 52.0 Å². The number of carbonyl (C=O) groups excluding carboxylic acids is 1. The van der Waals surface area contributed by atoms with Gasteiger partial charge in [-0.25, -0.2) is 4.79 Å². The highest BCUT2D eigenvalue weighted by Gasteiger charge is 2.24. The number of hydrogen-bond acceptors (Lipinski definition) is 3. The lowest BCUT2D eigenvalue weighted by molar-refractivity contribution is -0.0196. The van der Waals surface area contributed by atoms with Crippen LogP contribution in [0, 0.1) is 11.8 Å². The lowest BCUT2D eigenvalue weighted by Gasteiger charge is -2.22. The minimum Gasteiger partial charge on any atom is -0.429 e. The van der Waals surface area contributed by atoms with Gasteiger partial charge < -0.3 is 9.47 Å². The summed E-state index contributed by atoms with van der Waals surface area (Å²) in [5.74, 6) is 6.23. The Balaban J connectivity index is 2.01. The summed E-state index contributed by atoms with van der Waals surface area (Å²) in [7, 11) is 0. The van der Waals surface area contributed by atoms with Crippen molar-refractivity contribution in [3.8, 4) is 11.8 Å². The van der Waals surface area contributed by atoms with Gasteiger partial charge in [0.1, 0.15) is 11.7 Å². The summed E-state index contributed by atoms with van der Waals surface area (Å²) in [6, 6.07) is 9.80. The first-order chi connectivity index (χ1) is 10.9. The van der Waals surface area contributed by atoms with Crippen molar-refractivity contribution < 1.29 is 14.3 Å². The second kappa shape index (κ2) is 7.87. The van der Waals surface area contributed by atoms with Crippen LogP contribution in [0.2, 0.25) is 0 Å². The molecule has 1 atom stereocenters. The van der Waals surface area contributed by atoms with E-state index in [4.69, 9.17) is 9.47 Å². The molecule has 0 heterocycles. The first-order valence-electron chi connectivity index (χ1n) is 8.06. The molecule has 122 valence electrons. The Labute approximate surface area is 138 Å². The average molecular weight is 312 g/mol. The Morgan fingerprint density at radius 2 is 2.00 bits per heavy atom. The molecule has 0 radical (unpaired) electrons. The topological polar surface area (TPSA) is 35.5 Å². The third-order valence-corrected chi connectivity index (χ3v) is 3.41. The van der Waals surface area contributed by atoms with Gasteiger partial charge in [-0.3, -0.25) is 0 Å². The van der Waals surface area contributed by atoms with E-state index in [2.05, 4.69) is 17.9 Å². The van der Waals surface area contributed by atoms with E-state index >= 15 is 0 Å². The van der Waals surface area contributed by atoms with Crippen molar-refractivity contribution in [2.75, 3.05) is 0 Å². The molecule has 3 nitrogen and oxygen atoms in total. The molecule has 1 aliphatic rings. The summed E-state index contributed by atoms with van der Waals surface area (Å²) in [5.41, 5.74) is 1.56. The highest BCUT2D eigenvalue weighted by atomic mass is 16.7. The Kier molecular flexibility index (Phi) is 5.87. The predicted molar refractivity (Wildman–Crippen MR) is 91.0 cm³/mol. The molecule has 23 heavy (non-hydrogen) atoms. The summed E-state index contributed by atoms with van der Waals surface area (Å²) < 4.78 is 10.8. The largest absolute Gasteiger partial charge is 0.509 e. The molecule has 0 N–H and O–H groups in total. The standard InChI is InChI=1S/C20H24O3/c1-20(2,3)23-19(21)22-18(17-13-7-8-14-17)15-9-12-16-10-5-4-6-11-16/h4-6,10-11,13,18H,7-8,14-15H2,1-3H3/t18-/m1/s1. The van der Waals surface area contributed by atoms with E-state index in [1.807, 2.05) is 51.1 Å². The average Bonchev–Trinajstić information content (AvgIpc) is 2.99. The van der Waals surface area contributed by atoms with Crippen molar-refractivity contribution >= 4 is 6.16 Å². The number of carbonyl (C=O) groups is 1. The Morgan fingerprint density at radius 1 is 1.26 bits per heavy atom. The zero-order chi connectivity index (χ0) is 16.7.